The number of alkyl halides is 3. The second-order valence-corrected chi connectivity index (χ2v) is 2.56. The molecule has 0 radical (unpaired) electrons. The Morgan fingerprint density at radius 2 is 1.64 bits per heavy atom. The molecule has 0 bridgehead atoms. The molecule has 0 aromatic carbocycles. The summed E-state index contributed by atoms with van der Waals surface area (Å²) in [6, 6.07) is 0. The molecule has 0 nitrogen and oxygen atoms in total. The molecule has 0 fully saturated rings. The summed E-state index contributed by atoms with van der Waals surface area (Å²) < 4.78 is 35.3. The summed E-state index contributed by atoms with van der Waals surface area (Å²) in [5.41, 5.74) is 0.0656. The summed E-state index contributed by atoms with van der Waals surface area (Å²) >= 11 is 0. The van der Waals surface area contributed by atoms with Crippen LogP contribution in [0.4, 0.5) is 13.2 Å². The summed E-state index contributed by atoms with van der Waals surface area (Å²) in [7, 11) is 0. The average molecular weight is 164 g/mol. The van der Waals surface area contributed by atoms with Gasteiger partial charge in [-0.05, 0) is 19.8 Å². The van der Waals surface area contributed by atoms with E-state index in [0.29, 0.717) is 6.42 Å². The highest BCUT2D eigenvalue weighted by Gasteiger charge is 2.30. The summed E-state index contributed by atoms with van der Waals surface area (Å²) in [4.78, 5) is 0. The van der Waals surface area contributed by atoms with Crippen LogP contribution in [-0.4, -0.2) is 6.18 Å². The fraction of sp³-hybridized carbons (Fsp3) is 0.500. The molecule has 0 saturated carbocycles. The Balaban J connectivity index is 3.80. The minimum Gasteiger partial charge on any atom is -0.167 e. The van der Waals surface area contributed by atoms with Gasteiger partial charge in [0.1, 0.15) is 0 Å². The fourth-order valence-electron chi connectivity index (χ4n) is 0.506. The molecule has 0 aliphatic heterocycles. The minimum absolute atomic E-state index is 0.0428. The van der Waals surface area contributed by atoms with Gasteiger partial charge in [-0.2, -0.15) is 13.2 Å². The normalized spacial score (nSPS) is 11.3. The van der Waals surface area contributed by atoms with Crippen LogP contribution in [0.3, 0.4) is 0 Å². The van der Waals surface area contributed by atoms with Crippen LogP contribution in [0.15, 0.2) is 24.3 Å². The quantitative estimate of drug-likeness (QED) is 0.560. The van der Waals surface area contributed by atoms with Crippen molar-refractivity contribution in [2.75, 3.05) is 0 Å². The van der Waals surface area contributed by atoms with Crippen LogP contribution in [0, 0.1) is 0 Å². The molecular weight excluding hydrogens is 153 g/mol. The van der Waals surface area contributed by atoms with Crippen molar-refractivity contribution in [3.8, 4) is 0 Å². The number of halogens is 3. The van der Waals surface area contributed by atoms with Crippen molar-refractivity contribution in [3.05, 3.63) is 24.3 Å². The second kappa shape index (κ2) is 3.60. The lowest BCUT2D eigenvalue weighted by molar-refractivity contribution is -0.0935. The molecule has 0 N–H and O–H groups in total. The Hall–Kier alpha value is -0.730. The van der Waals surface area contributed by atoms with E-state index >= 15 is 0 Å². The second-order valence-electron chi connectivity index (χ2n) is 2.56. The molecule has 0 rings (SSSR count). The van der Waals surface area contributed by atoms with E-state index in [1.54, 1.807) is 6.92 Å². The Morgan fingerprint density at radius 3 is 1.91 bits per heavy atom. The Kier molecular flexibility index (Phi) is 3.36. The summed E-state index contributed by atoms with van der Waals surface area (Å²) in [6.45, 7) is 8.13. The molecule has 3 heteroatoms. The lowest BCUT2D eigenvalue weighted by Crippen LogP contribution is -2.10. The van der Waals surface area contributed by atoms with Gasteiger partial charge in [-0.3, -0.25) is 0 Å². The van der Waals surface area contributed by atoms with Crippen molar-refractivity contribution in [1.29, 1.82) is 0 Å². The maximum absolute atomic E-state index is 11.8. The first-order valence-electron chi connectivity index (χ1n) is 3.23. The first-order chi connectivity index (χ1) is 4.84. The van der Waals surface area contributed by atoms with Crippen LogP contribution in [0.2, 0.25) is 0 Å². The van der Waals surface area contributed by atoms with Crippen LogP contribution in [-0.2, 0) is 0 Å². The molecule has 0 aliphatic rings. The minimum atomic E-state index is -4.24. The first-order valence-corrected chi connectivity index (χ1v) is 3.23. The van der Waals surface area contributed by atoms with E-state index in [9.17, 15) is 13.2 Å². The Labute approximate surface area is 64.4 Å². The summed E-state index contributed by atoms with van der Waals surface area (Å²) in [5.74, 6) is 0. The van der Waals surface area contributed by atoms with Gasteiger partial charge in [-0.15, -0.1) is 6.58 Å². The van der Waals surface area contributed by atoms with Crippen molar-refractivity contribution >= 4 is 0 Å². The van der Waals surface area contributed by atoms with E-state index in [4.69, 9.17) is 0 Å². The van der Waals surface area contributed by atoms with Gasteiger partial charge >= 0.3 is 6.18 Å². The van der Waals surface area contributed by atoms with Crippen LogP contribution in [0.25, 0.3) is 0 Å². The zero-order valence-electron chi connectivity index (χ0n) is 6.46. The van der Waals surface area contributed by atoms with E-state index in [-0.39, 0.29) is 6.42 Å². The Morgan fingerprint density at radius 1 is 1.18 bits per heavy atom. The average Bonchev–Trinajstić information content (AvgIpc) is 1.80. The van der Waals surface area contributed by atoms with Gasteiger partial charge in [0.05, 0.1) is 0 Å². The summed E-state index contributed by atoms with van der Waals surface area (Å²) in [5, 5.41) is 0. The first kappa shape index (κ1) is 10.3. The number of hydrogen-bond donors (Lipinski definition) is 0. The van der Waals surface area contributed by atoms with Gasteiger partial charge in [-0.25, -0.2) is 0 Å². The lowest BCUT2D eigenvalue weighted by Gasteiger charge is -2.08. The maximum Gasteiger partial charge on any atom is 0.412 e. The van der Waals surface area contributed by atoms with Gasteiger partial charge < -0.3 is 0 Å². The molecule has 0 unspecified atom stereocenters. The summed E-state index contributed by atoms with van der Waals surface area (Å²) in [6.07, 6.45) is -3.92. The van der Waals surface area contributed by atoms with Gasteiger partial charge in [0.15, 0.2) is 0 Å². The smallest absolute Gasteiger partial charge is 0.167 e. The van der Waals surface area contributed by atoms with E-state index in [0.717, 1.165) is 5.57 Å². The molecule has 0 aliphatic carbocycles. The van der Waals surface area contributed by atoms with Crippen molar-refractivity contribution in [2.45, 2.75) is 25.9 Å². The molecule has 64 valence electrons. The van der Waals surface area contributed by atoms with Crippen molar-refractivity contribution in [2.24, 2.45) is 0 Å². The number of allylic oxidation sites excluding steroid dienone is 2. The predicted octanol–water partition coefficient (Wildman–Crippen LogP) is 3.46. The van der Waals surface area contributed by atoms with E-state index < -0.39 is 11.7 Å². The predicted molar refractivity (Wildman–Crippen MR) is 39.2 cm³/mol. The van der Waals surface area contributed by atoms with Crippen molar-refractivity contribution < 1.29 is 13.2 Å². The highest BCUT2D eigenvalue weighted by Crippen LogP contribution is 2.27. The number of rotatable bonds is 3. The molecule has 0 atom stereocenters. The third-order valence-electron chi connectivity index (χ3n) is 1.25. The third kappa shape index (κ3) is 4.65. The molecule has 0 aromatic heterocycles. The van der Waals surface area contributed by atoms with Gasteiger partial charge in [0.2, 0.25) is 0 Å². The van der Waals surface area contributed by atoms with E-state index in [1.165, 1.54) is 0 Å². The molecule has 0 aromatic rings. The SMILES string of the molecule is C=C(C)CCC(=C)C(F)(F)F. The maximum atomic E-state index is 11.8. The third-order valence-corrected chi connectivity index (χ3v) is 1.25. The molecule has 11 heavy (non-hydrogen) atoms. The largest absolute Gasteiger partial charge is 0.412 e. The molecule has 0 amide bonds. The van der Waals surface area contributed by atoms with Crippen LogP contribution < -0.4 is 0 Å². The van der Waals surface area contributed by atoms with Crippen LogP contribution in [0.1, 0.15) is 19.8 Å². The lowest BCUT2D eigenvalue weighted by atomic mass is 10.1. The van der Waals surface area contributed by atoms with Crippen molar-refractivity contribution in [3.63, 3.8) is 0 Å². The van der Waals surface area contributed by atoms with Crippen LogP contribution >= 0.6 is 0 Å². The monoisotopic (exact) mass is 164 g/mol. The van der Waals surface area contributed by atoms with E-state index in [1.807, 2.05) is 0 Å². The van der Waals surface area contributed by atoms with Gasteiger partial charge in [0, 0.05) is 5.57 Å². The topological polar surface area (TPSA) is 0 Å². The standard InChI is InChI=1S/C8H11F3/c1-6(2)4-5-7(3)8(9,10)11/h1,3-5H2,2H3. The van der Waals surface area contributed by atoms with Crippen LogP contribution in [0.5, 0.6) is 0 Å². The molecular formula is C8H11F3. The zero-order chi connectivity index (χ0) is 9.07. The number of hydrogen-bond acceptors (Lipinski definition) is 0. The van der Waals surface area contributed by atoms with Crippen molar-refractivity contribution in [1.82, 2.24) is 0 Å². The highest BCUT2D eigenvalue weighted by molar-refractivity contribution is 5.05. The van der Waals surface area contributed by atoms with Gasteiger partial charge in [0.25, 0.3) is 0 Å². The van der Waals surface area contributed by atoms with Gasteiger partial charge in [-0.1, -0.05) is 12.2 Å². The fourth-order valence-corrected chi connectivity index (χ4v) is 0.506. The molecule has 0 spiro atoms. The molecule has 0 heterocycles. The zero-order valence-corrected chi connectivity index (χ0v) is 6.46. The van der Waals surface area contributed by atoms with E-state index in [2.05, 4.69) is 13.2 Å². The molecule has 0 saturated heterocycles. The Bertz CT molecular complexity index is 165. The highest BCUT2D eigenvalue weighted by atomic mass is 19.4.